The molecule has 0 aliphatic carbocycles. The van der Waals surface area contributed by atoms with Crippen LogP contribution in [0, 0.1) is 0 Å². The van der Waals surface area contributed by atoms with Crippen LogP contribution in [0.25, 0.3) is 0 Å². The zero-order chi connectivity index (χ0) is 11.5. The van der Waals surface area contributed by atoms with Gasteiger partial charge in [-0.25, -0.2) is 0 Å². The highest BCUT2D eigenvalue weighted by Gasteiger charge is 2.20. The number of hydrogen-bond acceptors (Lipinski definition) is 3. The molecule has 0 aromatic heterocycles. The van der Waals surface area contributed by atoms with E-state index in [4.69, 9.17) is 0 Å². The predicted octanol–water partition coefficient (Wildman–Crippen LogP) is 1.13. The number of nitrogens with one attached hydrogen (secondary N) is 2. The van der Waals surface area contributed by atoms with E-state index in [9.17, 15) is 9.90 Å². The van der Waals surface area contributed by atoms with Crippen LogP contribution in [-0.4, -0.2) is 23.6 Å². The Morgan fingerprint density at radius 2 is 2.38 bits per heavy atom. The summed E-state index contributed by atoms with van der Waals surface area (Å²) in [5.41, 5.74) is 1.07. The molecule has 1 unspecified atom stereocenters. The Morgan fingerprint density at radius 1 is 1.56 bits per heavy atom. The Bertz CT molecular complexity index is 409. The van der Waals surface area contributed by atoms with Crippen LogP contribution >= 0.6 is 15.9 Å². The first kappa shape index (κ1) is 11.4. The largest absolute Gasteiger partial charge is 0.507 e. The fraction of sp³-hybridized carbons (Fsp3) is 0.364. The average Bonchev–Trinajstić information content (AvgIpc) is 2.66. The highest BCUT2D eigenvalue weighted by Crippen LogP contribution is 2.24. The molecule has 3 N–H and O–H groups in total. The summed E-state index contributed by atoms with van der Waals surface area (Å²) in [4.78, 5) is 11.0. The maximum atomic E-state index is 11.0. The number of phenols is 1. The quantitative estimate of drug-likeness (QED) is 0.780. The second-order valence-corrected chi connectivity index (χ2v) is 4.73. The minimum absolute atomic E-state index is 0.101. The van der Waals surface area contributed by atoms with Crippen molar-refractivity contribution in [1.82, 2.24) is 10.6 Å². The van der Waals surface area contributed by atoms with Crippen molar-refractivity contribution in [2.45, 2.75) is 19.0 Å². The molecule has 1 atom stereocenters. The third-order valence-electron chi connectivity index (χ3n) is 2.58. The van der Waals surface area contributed by atoms with Gasteiger partial charge in [-0.05, 0) is 33.6 Å². The topological polar surface area (TPSA) is 61.4 Å². The Hall–Kier alpha value is -1.07. The lowest BCUT2D eigenvalue weighted by molar-refractivity contribution is -0.119. The molecule has 16 heavy (non-hydrogen) atoms. The molecule has 1 saturated heterocycles. The summed E-state index contributed by atoms with van der Waals surface area (Å²) < 4.78 is 0.687. The minimum Gasteiger partial charge on any atom is -0.507 e. The minimum atomic E-state index is 0.101. The summed E-state index contributed by atoms with van der Waals surface area (Å²) in [5.74, 6) is 0.339. The van der Waals surface area contributed by atoms with Crippen molar-refractivity contribution >= 4 is 21.8 Å². The number of benzene rings is 1. The van der Waals surface area contributed by atoms with Crippen LogP contribution in [0.5, 0.6) is 5.75 Å². The van der Waals surface area contributed by atoms with E-state index in [1.807, 2.05) is 12.1 Å². The molecule has 5 heteroatoms. The average molecular weight is 285 g/mol. The van der Waals surface area contributed by atoms with Gasteiger partial charge in [-0.1, -0.05) is 6.07 Å². The van der Waals surface area contributed by atoms with E-state index >= 15 is 0 Å². The summed E-state index contributed by atoms with van der Waals surface area (Å²) >= 11 is 3.26. The zero-order valence-electron chi connectivity index (χ0n) is 8.66. The lowest BCUT2D eigenvalue weighted by atomic mass is 10.2. The molecule has 1 aromatic carbocycles. The van der Waals surface area contributed by atoms with E-state index in [1.54, 1.807) is 6.07 Å². The van der Waals surface area contributed by atoms with Gasteiger partial charge in [0.25, 0.3) is 0 Å². The van der Waals surface area contributed by atoms with Crippen molar-refractivity contribution in [3.8, 4) is 5.75 Å². The van der Waals surface area contributed by atoms with E-state index in [-0.39, 0.29) is 17.7 Å². The maximum Gasteiger partial charge on any atom is 0.221 e. The summed E-state index contributed by atoms with van der Waals surface area (Å²) in [6.07, 6.45) is 0.541. The van der Waals surface area contributed by atoms with Crippen molar-refractivity contribution in [2.24, 2.45) is 0 Å². The smallest absolute Gasteiger partial charge is 0.221 e. The van der Waals surface area contributed by atoms with Gasteiger partial charge >= 0.3 is 0 Å². The van der Waals surface area contributed by atoms with Crippen LogP contribution in [0.2, 0.25) is 0 Å². The van der Waals surface area contributed by atoms with Gasteiger partial charge in [0.2, 0.25) is 5.91 Å². The number of hydrogen-bond donors (Lipinski definition) is 3. The first-order chi connectivity index (χ1) is 7.65. The molecular formula is C11H13BrN2O2. The molecule has 1 fully saturated rings. The van der Waals surface area contributed by atoms with Gasteiger partial charge in [0.15, 0.2) is 0 Å². The number of rotatable bonds is 3. The lowest BCUT2D eigenvalue weighted by Crippen LogP contribution is -2.30. The molecule has 0 bridgehead atoms. The standard InChI is InChI=1S/C11H13BrN2O2/c12-9-3-7(1-2-10(9)15)5-13-8-4-11(16)14-6-8/h1-3,8,13,15H,4-6H2,(H,14,16). The van der Waals surface area contributed by atoms with Crippen LogP contribution in [0.4, 0.5) is 0 Å². The highest BCUT2D eigenvalue weighted by atomic mass is 79.9. The Balaban J connectivity index is 1.89. The Labute approximate surface area is 102 Å². The first-order valence-electron chi connectivity index (χ1n) is 5.12. The van der Waals surface area contributed by atoms with E-state index in [0.29, 0.717) is 24.0 Å². The van der Waals surface area contributed by atoms with Crippen molar-refractivity contribution in [2.75, 3.05) is 6.54 Å². The summed E-state index contributed by atoms with van der Waals surface area (Å²) in [5, 5.41) is 15.4. The number of amides is 1. The van der Waals surface area contributed by atoms with Gasteiger partial charge in [0, 0.05) is 25.6 Å². The van der Waals surface area contributed by atoms with Crippen LogP contribution in [0.1, 0.15) is 12.0 Å². The summed E-state index contributed by atoms with van der Waals surface area (Å²) in [6, 6.07) is 5.59. The van der Waals surface area contributed by atoms with Crippen molar-refractivity contribution in [3.63, 3.8) is 0 Å². The van der Waals surface area contributed by atoms with Gasteiger partial charge in [-0.2, -0.15) is 0 Å². The van der Waals surface area contributed by atoms with E-state index < -0.39 is 0 Å². The normalized spacial score (nSPS) is 19.8. The Morgan fingerprint density at radius 3 is 3.00 bits per heavy atom. The molecule has 0 radical (unpaired) electrons. The number of phenolic OH excluding ortho intramolecular Hbond substituents is 1. The van der Waals surface area contributed by atoms with E-state index in [2.05, 4.69) is 26.6 Å². The van der Waals surface area contributed by atoms with Crippen molar-refractivity contribution in [3.05, 3.63) is 28.2 Å². The first-order valence-corrected chi connectivity index (χ1v) is 5.92. The van der Waals surface area contributed by atoms with Crippen LogP contribution in [0.3, 0.4) is 0 Å². The van der Waals surface area contributed by atoms with Gasteiger partial charge < -0.3 is 15.7 Å². The summed E-state index contributed by atoms with van der Waals surface area (Å²) in [7, 11) is 0. The fourth-order valence-electron chi connectivity index (χ4n) is 1.67. The molecule has 0 saturated carbocycles. The number of aromatic hydroxyl groups is 1. The second-order valence-electron chi connectivity index (χ2n) is 3.87. The molecule has 4 nitrogen and oxygen atoms in total. The molecule has 1 aromatic rings. The number of carbonyl (C=O) groups excluding carboxylic acids is 1. The predicted molar refractivity (Wildman–Crippen MR) is 64.1 cm³/mol. The number of carbonyl (C=O) groups is 1. The van der Waals surface area contributed by atoms with Gasteiger partial charge in [0.05, 0.1) is 4.47 Å². The third kappa shape index (κ3) is 2.74. The zero-order valence-corrected chi connectivity index (χ0v) is 10.3. The molecule has 1 amide bonds. The lowest BCUT2D eigenvalue weighted by Gasteiger charge is -2.10. The second kappa shape index (κ2) is 4.84. The fourth-order valence-corrected chi connectivity index (χ4v) is 2.10. The maximum absolute atomic E-state index is 11.0. The SMILES string of the molecule is O=C1CC(NCc2ccc(O)c(Br)c2)CN1. The van der Waals surface area contributed by atoms with Gasteiger partial charge in [-0.15, -0.1) is 0 Å². The van der Waals surface area contributed by atoms with Gasteiger partial charge in [0.1, 0.15) is 5.75 Å². The van der Waals surface area contributed by atoms with E-state index in [1.165, 1.54) is 0 Å². The molecule has 1 heterocycles. The third-order valence-corrected chi connectivity index (χ3v) is 3.22. The number of halogens is 1. The molecular weight excluding hydrogens is 272 g/mol. The monoisotopic (exact) mass is 284 g/mol. The van der Waals surface area contributed by atoms with Gasteiger partial charge in [-0.3, -0.25) is 4.79 Å². The van der Waals surface area contributed by atoms with Crippen LogP contribution in [-0.2, 0) is 11.3 Å². The molecule has 1 aliphatic rings. The van der Waals surface area contributed by atoms with Crippen molar-refractivity contribution in [1.29, 1.82) is 0 Å². The van der Waals surface area contributed by atoms with Crippen molar-refractivity contribution < 1.29 is 9.90 Å². The van der Waals surface area contributed by atoms with Crippen LogP contribution < -0.4 is 10.6 Å². The Kier molecular flexibility index (Phi) is 3.46. The highest BCUT2D eigenvalue weighted by molar-refractivity contribution is 9.10. The molecule has 86 valence electrons. The molecule has 2 rings (SSSR count). The molecule has 0 spiro atoms. The molecule has 1 aliphatic heterocycles. The van der Waals surface area contributed by atoms with Crippen LogP contribution in [0.15, 0.2) is 22.7 Å². The summed E-state index contributed by atoms with van der Waals surface area (Å²) in [6.45, 7) is 1.39. The van der Waals surface area contributed by atoms with E-state index in [0.717, 1.165) is 5.56 Å².